The van der Waals surface area contributed by atoms with Crippen molar-refractivity contribution in [2.24, 2.45) is 16.2 Å². The lowest BCUT2D eigenvalue weighted by Gasteiger charge is -2.43. The third kappa shape index (κ3) is 11.2. The van der Waals surface area contributed by atoms with Gasteiger partial charge in [-0.1, -0.05) is 34.6 Å². The summed E-state index contributed by atoms with van der Waals surface area (Å²) in [6.45, 7) is 27.1. The third-order valence-corrected chi connectivity index (χ3v) is 12.7. The fourth-order valence-corrected chi connectivity index (χ4v) is 7.17. The van der Waals surface area contributed by atoms with Crippen molar-refractivity contribution < 1.29 is 41.9 Å². The van der Waals surface area contributed by atoms with E-state index in [9.17, 15) is 4.89 Å². The molecular weight excluding hydrogens is 621 g/mol. The third-order valence-electron chi connectivity index (χ3n) is 8.15. The maximum atomic E-state index is 11.2. The minimum absolute atomic E-state index is 0.0246. The van der Waals surface area contributed by atoms with Crippen LogP contribution in [0.5, 0.6) is 11.5 Å². The standard InChI is InChI=1S/C32H57O9P3/c1-12-27(3,4)18-37-29(7,8)44(38-21-31(11)19-34-20-31)41-30(9,10)43(33)40-26-16-14-25(15-17-26)39-42-28(5,6)36-24-32(13-2)22-35-23-32/h14-17,33,42H,12-13,18-24H2,1-11H3. The SMILES string of the molecule is CCC(C)(C)COC(C)(C)P(OCC1(C)COC1)OC(C)(C)P(O)Oc1ccc(OPC(C)(C)OCC2(CC)COC2)cc1. The molecule has 1 aromatic carbocycles. The van der Waals surface area contributed by atoms with E-state index in [2.05, 4.69) is 34.6 Å². The topological polar surface area (TPSA) is 94.1 Å². The Morgan fingerprint density at radius 2 is 1.43 bits per heavy atom. The highest BCUT2D eigenvalue weighted by atomic mass is 31.2. The molecule has 3 atom stereocenters. The fourth-order valence-electron chi connectivity index (χ4n) is 3.91. The summed E-state index contributed by atoms with van der Waals surface area (Å²) in [5.74, 6) is 1.24. The van der Waals surface area contributed by atoms with Gasteiger partial charge in [0.1, 0.15) is 36.3 Å². The predicted molar refractivity (Wildman–Crippen MR) is 180 cm³/mol. The van der Waals surface area contributed by atoms with E-state index in [1.807, 2.05) is 53.7 Å². The van der Waals surface area contributed by atoms with Gasteiger partial charge in [0, 0.05) is 10.8 Å². The summed E-state index contributed by atoms with van der Waals surface area (Å²) in [7, 11) is -3.47. The first-order valence-electron chi connectivity index (χ1n) is 15.6. The molecule has 44 heavy (non-hydrogen) atoms. The zero-order valence-corrected chi connectivity index (χ0v) is 31.6. The number of ether oxygens (including phenoxy) is 4. The zero-order chi connectivity index (χ0) is 32.9. The van der Waals surface area contributed by atoms with Crippen molar-refractivity contribution in [3.8, 4) is 11.5 Å². The van der Waals surface area contributed by atoms with E-state index < -0.39 is 32.8 Å². The Balaban J connectivity index is 1.57. The molecule has 0 amide bonds. The number of rotatable bonds is 20. The molecule has 0 aliphatic carbocycles. The predicted octanol–water partition coefficient (Wildman–Crippen LogP) is 8.83. The Labute approximate surface area is 270 Å². The molecule has 0 spiro atoms. The van der Waals surface area contributed by atoms with Crippen LogP contribution in [0, 0.1) is 16.2 Å². The second-order valence-electron chi connectivity index (χ2n) is 14.8. The first-order valence-corrected chi connectivity index (χ1v) is 18.9. The maximum absolute atomic E-state index is 11.2. The van der Waals surface area contributed by atoms with Crippen LogP contribution in [0.3, 0.4) is 0 Å². The van der Waals surface area contributed by atoms with Crippen molar-refractivity contribution in [3.05, 3.63) is 24.3 Å². The van der Waals surface area contributed by atoms with Gasteiger partial charge in [0.05, 0.1) is 46.2 Å². The van der Waals surface area contributed by atoms with E-state index in [4.69, 9.17) is 37.0 Å². The Hall–Kier alpha value is -0.170. The molecule has 0 radical (unpaired) electrons. The van der Waals surface area contributed by atoms with E-state index in [0.717, 1.165) is 26.1 Å². The monoisotopic (exact) mass is 678 g/mol. The molecular formula is C32H57O9P3. The van der Waals surface area contributed by atoms with Crippen LogP contribution >= 0.6 is 25.6 Å². The van der Waals surface area contributed by atoms with Crippen molar-refractivity contribution in [2.75, 3.05) is 46.2 Å². The van der Waals surface area contributed by atoms with Gasteiger partial charge in [0.2, 0.25) is 8.38 Å². The van der Waals surface area contributed by atoms with E-state index in [-0.39, 0.29) is 25.1 Å². The van der Waals surface area contributed by atoms with Gasteiger partial charge in [0.15, 0.2) is 0 Å². The van der Waals surface area contributed by atoms with E-state index >= 15 is 0 Å². The molecule has 0 aromatic heterocycles. The van der Waals surface area contributed by atoms with Crippen LogP contribution in [0.15, 0.2) is 24.3 Å². The largest absolute Gasteiger partial charge is 0.474 e. The van der Waals surface area contributed by atoms with Gasteiger partial charge in [-0.05, 0) is 84.1 Å². The lowest BCUT2D eigenvalue weighted by Crippen LogP contribution is -2.47. The minimum Gasteiger partial charge on any atom is -0.474 e. The van der Waals surface area contributed by atoms with Gasteiger partial charge in [-0.25, -0.2) is 0 Å². The van der Waals surface area contributed by atoms with Crippen LogP contribution in [0.25, 0.3) is 0 Å². The summed E-state index contributed by atoms with van der Waals surface area (Å²) in [4.78, 5) is 11.2. The van der Waals surface area contributed by atoms with Crippen molar-refractivity contribution in [2.45, 2.75) is 105 Å². The fraction of sp³-hybridized carbons (Fsp3) is 0.812. The van der Waals surface area contributed by atoms with E-state index in [1.54, 1.807) is 12.1 Å². The molecule has 0 saturated carbocycles. The molecule has 2 aliphatic rings. The molecule has 12 heteroatoms. The van der Waals surface area contributed by atoms with Gasteiger partial charge in [0.25, 0.3) is 8.38 Å². The Morgan fingerprint density at radius 1 is 0.841 bits per heavy atom. The first-order chi connectivity index (χ1) is 20.3. The highest BCUT2D eigenvalue weighted by Crippen LogP contribution is 2.61. The van der Waals surface area contributed by atoms with Crippen LogP contribution in [0.1, 0.15) is 89.0 Å². The lowest BCUT2D eigenvalue weighted by molar-refractivity contribution is -0.162. The quantitative estimate of drug-likeness (QED) is 0.136. The van der Waals surface area contributed by atoms with Crippen LogP contribution in [-0.2, 0) is 28.0 Å². The highest BCUT2D eigenvalue weighted by molar-refractivity contribution is 7.52. The van der Waals surface area contributed by atoms with Crippen LogP contribution in [-0.4, -0.2) is 67.2 Å². The minimum atomic E-state index is -2.03. The Kier molecular flexibility index (Phi) is 13.4. The second-order valence-corrected chi connectivity index (χ2v) is 20.3. The summed E-state index contributed by atoms with van der Waals surface area (Å²) in [5.41, 5.74) is 0.103. The second kappa shape index (κ2) is 15.4. The van der Waals surface area contributed by atoms with Crippen molar-refractivity contribution in [1.29, 1.82) is 0 Å². The summed E-state index contributed by atoms with van der Waals surface area (Å²) in [5, 5.41) is -2.16. The Morgan fingerprint density at radius 3 is 1.93 bits per heavy atom. The average molecular weight is 679 g/mol. The molecule has 3 rings (SSSR count). The van der Waals surface area contributed by atoms with Gasteiger partial charge in [-0.15, -0.1) is 0 Å². The highest BCUT2D eigenvalue weighted by Gasteiger charge is 2.45. The molecule has 2 heterocycles. The molecule has 3 unspecified atom stereocenters. The van der Waals surface area contributed by atoms with Crippen LogP contribution < -0.4 is 9.05 Å². The molecule has 0 bridgehead atoms. The van der Waals surface area contributed by atoms with Gasteiger partial charge in [-0.3, -0.25) is 0 Å². The van der Waals surface area contributed by atoms with Crippen molar-refractivity contribution >= 4 is 25.6 Å². The summed E-state index contributed by atoms with van der Waals surface area (Å²) >= 11 is 0. The molecule has 9 nitrogen and oxygen atoms in total. The first kappa shape index (κ1) is 38.3. The Bertz CT molecular complexity index is 1020. The van der Waals surface area contributed by atoms with E-state index in [1.165, 1.54) is 0 Å². The molecule has 254 valence electrons. The average Bonchev–Trinajstić information content (AvgIpc) is 2.92. The summed E-state index contributed by atoms with van der Waals surface area (Å²) in [6.07, 6.45) is 2.03. The number of hydrogen-bond acceptors (Lipinski definition) is 9. The van der Waals surface area contributed by atoms with Crippen molar-refractivity contribution in [3.63, 3.8) is 0 Å². The number of hydrogen-bond donors (Lipinski definition) is 1. The maximum Gasteiger partial charge on any atom is 0.261 e. The molecule has 1 aromatic rings. The normalized spacial score (nSPS) is 20.2. The van der Waals surface area contributed by atoms with Crippen LogP contribution in [0.2, 0.25) is 0 Å². The molecule has 1 N–H and O–H groups in total. The lowest BCUT2D eigenvalue weighted by atomic mass is 9.84. The van der Waals surface area contributed by atoms with Gasteiger partial charge in [-0.2, -0.15) is 0 Å². The molecule has 2 saturated heterocycles. The van der Waals surface area contributed by atoms with Crippen LogP contribution in [0.4, 0.5) is 0 Å². The summed E-state index contributed by atoms with van der Waals surface area (Å²) < 4.78 is 48.5. The van der Waals surface area contributed by atoms with Gasteiger partial charge < -0.3 is 41.9 Å². The van der Waals surface area contributed by atoms with Gasteiger partial charge >= 0.3 is 0 Å². The smallest absolute Gasteiger partial charge is 0.261 e. The molecule has 2 fully saturated rings. The summed E-state index contributed by atoms with van der Waals surface area (Å²) in [6, 6.07) is 7.27. The number of benzene rings is 1. The molecule has 2 aliphatic heterocycles. The van der Waals surface area contributed by atoms with Crippen molar-refractivity contribution in [1.82, 2.24) is 0 Å². The zero-order valence-electron chi connectivity index (χ0n) is 28.8. The van der Waals surface area contributed by atoms with E-state index in [0.29, 0.717) is 44.5 Å².